The lowest BCUT2D eigenvalue weighted by molar-refractivity contribution is -0.136. The first-order valence-electron chi connectivity index (χ1n) is 10.8. The average Bonchev–Trinajstić information content (AvgIpc) is 3.19. The van der Waals surface area contributed by atoms with Crippen LogP contribution in [0.5, 0.6) is 0 Å². The number of alkyl halides is 1. The minimum Gasteiger partial charge on any atom is -0.311 e. The molecular weight excluding hydrogens is 403 g/mol. The molecule has 3 N–H and O–H groups in total. The average molecular weight is 428 g/mol. The van der Waals surface area contributed by atoms with Crippen LogP contribution in [0.4, 0.5) is 4.39 Å². The van der Waals surface area contributed by atoms with Gasteiger partial charge in [0, 0.05) is 31.6 Å². The maximum Gasteiger partial charge on any atom is 0.262 e. The van der Waals surface area contributed by atoms with Gasteiger partial charge >= 0.3 is 0 Å². The number of carbonyl (C=O) groups is 4. The Morgan fingerprint density at radius 2 is 1.81 bits per heavy atom. The quantitative estimate of drug-likeness (QED) is 0.599. The lowest BCUT2D eigenvalue weighted by Gasteiger charge is -2.35. The van der Waals surface area contributed by atoms with Gasteiger partial charge < -0.3 is 10.6 Å². The van der Waals surface area contributed by atoms with Crippen molar-refractivity contribution in [2.24, 2.45) is 0 Å². The summed E-state index contributed by atoms with van der Waals surface area (Å²) < 4.78 is 15.3. The zero-order valence-electron chi connectivity index (χ0n) is 17.1. The highest BCUT2D eigenvalue weighted by Crippen LogP contribution is 2.36. The molecule has 4 aliphatic heterocycles. The van der Waals surface area contributed by atoms with Crippen molar-refractivity contribution in [2.75, 3.05) is 6.54 Å². The van der Waals surface area contributed by atoms with Gasteiger partial charge in [0.1, 0.15) is 11.7 Å². The number of nitrogens with one attached hydrogen (secondary N) is 3. The summed E-state index contributed by atoms with van der Waals surface area (Å²) in [5.41, 5.74) is -0.189. The molecule has 0 aliphatic carbocycles. The Morgan fingerprint density at radius 3 is 2.52 bits per heavy atom. The normalized spacial score (nSPS) is 32.4. The van der Waals surface area contributed by atoms with E-state index >= 15 is 4.39 Å². The summed E-state index contributed by atoms with van der Waals surface area (Å²) in [6.45, 7) is 0.435. The third kappa shape index (κ3) is 3.55. The number of amides is 4. The first-order valence-corrected chi connectivity index (χ1v) is 10.8. The molecule has 1 aromatic rings. The van der Waals surface area contributed by atoms with E-state index in [-0.39, 0.29) is 49.1 Å². The van der Waals surface area contributed by atoms with Gasteiger partial charge in [0.05, 0.1) is 11.1 Å². The highest BCUT2D eigenvalue weighted by molar-refractivity contribution is 6.24. The van der Waals surface area contributed by atoms with Crippen molar-refractivity contribution in [2.45, 2.75) is 68.9 Å². The van der Waals surface area contributed by atoms with E-state index in [0.29, 0.717) is 18.4 Å². The molecule has 3 fully saturated rings. The van der Waals surface area contributed by atoms with Crippen LogP contribution >= 0.6 is 0 Å². The second-order valence-corrected chi connectivity index (χ2v) is 9.09. The molecule has 4 amide bonds. The van der Waals surface area contributed by atoms with E-state index in [0.717, 1.165) is 17.7 Å². The fraction of sp³-hybridized carbons (Fsp3) is 0.545. The van der Waals surface area contributed by atoms with Crippen LogP contribution < -0.4 is 16.0 Å². The maximum atomic E-state index is 15.3. The Hall–Kier alpha value is -2.65. The van der Waals surface area contributed by atoms with E-state index in [1.165, 1.54) is 0 Å². The number of hydrogen-bond donors (Lipinski definition) is 3. The summed E-state index contributed by atoms with van der Waals surface area (Å²) >= 11 is 0. The molecule has 9 heteroatoms. The van der Waals surface area contributed by atoms with Crippen LogP contribution in [0.1, 0.15) is 64.8 Å². The van der Waals surface area contributed by atoms with E-state index in [1.54, 1.807) is 18.2 Å². The van der Waals surface area contributed by atoms with E-state index in [1.807, 2.05) is 0 Å². The lowest BCUT2D eigenvalue weighted by atomic mass is 9.89. The van der Waals surface area contributed by atoms with Crippen molar-refractivity contribution in [3.05, 3.63) is 34.9 Å². The van der Waals surface area contributed by atoms with Crippen molar-refractivity contribution in [3.63, 3.8) is 0 Å². The van der Waals surface area contributed by atoms with Crippen LogP contribution in [0.3, 0.4) is 0 Å². The summed E-state index contributed by atoms with van der Waals surface area (Å²) in [7, 11) is 0. The van der Waals surface area contributed by atoms with Crippen molar-refractivity contribution in [3.8, 4) is 0 Å². The molecule has 1 aromatic carbocycles. The molecule has 5 rings (SSSR count). The second-order valence-electron chi connectivity index (χ2n) is 9.09. The zero-order valence-corrected chi connectivity index (χ0v) is 17.1. The first-order chi connectivity index (χ1) is 14.8. The summed E-state index contributed by atoms with van der Waals surface area (Å²) in [5, 5.41) is 8.77. The molecule has 3 saturated heterocycles. The largest absolute Gasteiger partial charge is 0.311 e. The van der Waals surface area contributed by atoms with Gasteiger partial charge in [0.25, 0.3) is 11.8 Å². The topological polar surface area (TPSA) is 108 Å². The van der Waals surface area contributed by atoms with Crippen molar-refractivity contribution in [1.82, 2.24) is 20.9 Å². The SMILES string of the molecule is O=C1CCC(N2C(=O)c3cccc(CNCC4(F)CC5CCC(C4)N5)c3C2=O)C(=O)N1. The van der Waals surface area contributed by atoms with Gasteiger partial charge in [0.15, 0.2) is 0 Å². The van der Waals surface area contributed by atoms with Crippen LogP contribution in [0.2, 0.25) is 0 Å². The van der Waals surface area contributed by atoms with E-state index in [2.05, 4.69) is 16.0 Å². The highest BCUT2D eigenvalue weighted by Gasteiger charge is 2.46. The zero-order chi connectivity index (χ0) is 21.8. The number of nitrogens with zero attached hydrogens (tertiary/aromatic N) is 1. The van der Waals surface area contributed by atoms with Crippen molar-refractivity contribution >= 4 is 23.6 Å². The first kappa shape index (κ1) is 20.3. The van der Waals surface area contributed by atoms with Gasteiger partial charge in [-0.2, -0.15) is 0 Å². The number of halogens is 1. The third-order valence-corrected chi connectivity index (χ3v) is 6.87. The molecule has 4 aliphatic rings. The molecule has 3 unspecified atom stereocenters. The van der Waals surface area contributed by atoms with Gasteiger partial charge in [0.2, 0.25) is 11.8 Å². The number of hydrogen-bond acceptors (Lipinski definition) is 6. The Kier molecular flexibility index (Phi) is 4.90. The molecule has 31 heavy (non-hydrogen) atoms. The van der Waals surface area contributed by atoms with Gasteiger partial charge in [-0.25, -0.2) is 4.39 Å². The van der Waals surface area contributed by atoms with Crippen LogP contribution in [0, 0.1) is 0 Å². The van der Waals surface area contributed by atoms with Gasteiger partial charge in [-0.3, -0.25) is 29.4 Å². The number of fused-ring (bicyclic) bond motifs is 3. The van der Waals surface area contributed by atoms with Crippen molar-refractivity contribution < 1.29 is 23.6 Å². The predicted octanol–water partition coefficient (Wildman–Crippen LogP) is 0.800. The molecule has 8 nitrogen and oxygen atoms in total. The molecule has 0 saturated carbocycles. The van der Waals surface area contributed by atoms with Crippen LogP contribution in [-0.4, -0.2) is 58.9 Å². The monoisotopic (exact) mass is 428 g/mol. The number of carbonyl (C=O) groups excluding carboxylic acids is 4. The van der Waals surface area contributed by atoms with Crippen LogP contribution in [-0.2, 0) is 16.1 Å². The Morgan fingerprint density at radius 1 is 1.06 bits per heavy atom. The molecule has 3 atom stereocenters. The number of benzene rings is 1. The number of rotatable bonds is 5. The van der Waals surface area contributed by atoms with E-state index in [4.69, 9.17) is 0 Å². The van der Waals surface area contributed by atoms with Gasteiger partial charge in [-0.05, 0) is 43.7 Å². The predicted molar refractivity (Wildman–Crippen MR) is 108 cm³/mol. The number of piperidine rings is 2. The Balaban J connectivity index is 1.30. The maximum absolute atomic E-state index is 15.3. The fourth-order valence-electron chi connectivity index (χ4n) is 5.49. The van der Waals surface area contributed by atoms with Crippen LogP contribution in [0.25, 0.3) is 0 Å². The molecule has 0 radical (unpaired) electrons. The minimum absolute atomic E-state index is 0.0770. The second kappa shape index (κ2) is 7.49. The third-order valence-electron chi connectivity index (χ3n) is 6.87. The Bertz CT molecular complexity index is 968. The number of imide groups is 2. The Labute approximate surface area is 178 Å². The van der Waals surface area contributed by atoms with E-state index < -0.39 is 35.3 Å². The fourth-order valence-corrected chi connectivity index (χ4v) is 5.49. The molecule has 164 valence electrons. The van der Waals surface area contributed by atoms with Gasteiger partial charge in [-0.1, -0.05) is 12.1 Å². The molecule has 4 heterocycles. The van der Waals surface area contributed by atoms with E-state index in [9.17, 15) is 19.2 Å². The molecule has 0 aromatic heterocycles. The summed E-state index contributed by atoms with van der Waals surface area (Å²) in [5.74, 6) is -2.12. The minimum atomic E-state index is -1.28. The lowest BCUT2D eigenvalue weighted by Crippen LogP contribution is -2.54. The molecular formula is C22H25FN4O4. The summed E-state index contributed by atoms with van der Waals surface area (Å²) in [4.78, 5) is 50.6. The van der Waals surface area contributed by atoms with Crippen molar-refractivity contribution in [1.29, 1.82) is 0 Å². The standard InChI is InChI=1S/C22H25FN4O4/c23-22(8-13-4-5-14(9-22)25-13)11-24-10-12-2-1-3-15-18(12)21(31)27(20(15)30)16-6-7-17(28)26-19(16)29/h1-3,13-14,16,24-25H,4-11H2,(H,26,28,29). The summed E-state index contributed by atoms with van der Waals surface area (Å²) in [6.07, 6.45) is 3.16. The molecule has 2 bridgehead atoms. The highest BCUT2D eigenvalue weighted by atomic mass is 19.1. The van der Waals surface area contributed by atoms with Gasteiger partial charge in [-0.15, -0.1) is 0 Å². The van der Waals surface area contributed by atoms with Crippen LogP contribution in [0.15, 0.2) is 18.2 Å². The molecule has 0 spiro atoms. The summed E-state index contributed by atoms with van der Waals surface area (Å²) in [6, 6.07) is 4.45. The smallest absolute Gasteiger partial charge is 0.262 e.